The largest absolute Gasteiger partial charge is 0.489 e. The van der Waals surface area contributed by atoms with Crippen LogP contribution in [0, 0.1) is 11.3 Å². The van der Waals surface area contributed by atoms with Crippen LogP contribution >= 0.6 is 0 Å². The number of aromatic nitrogens is 2. The Bertz CT molecular complexity index is 1240. The van der Waals surface area contributed by atoms with Crippen molar-refractivity contribution in [3.05, 3.63) is 59.9 Å². The molecule has 3 N–H and O–H groups in total. The maximum atomic E-state index is 12.8. The zero-order chi connectivity index (χ0) is 24.4. The second kappa shape index (κ2) is 10.1. The summed E-state index contributed by atoms with van der Waals surface area (Å²) in [5.74, 6) is 2.63. The zero-order valence-electron chi connectivity index (χ0n) is 20.8. The van der Waals surface area contributed by atoms with Gasteiger partial charge in [0.25, 0.3) is 5.91 Å². The third kappa shape index (κ3) is 4.89. The third-order valence-corrected chi connectivity index (χ3v) is 8.39. The van der Waals surface area contributed by atoms with Crippen LogP contribution in [0.3, 0.4) is 0 Å². The Hall–Kier alpha value is -3.19. The summed E-state index contributed by atoms with van der Waals surface area (Å²) in [5, 5.41) is 11.3. The molecule has 3 aromatic rings. The molecule has 6 rings (SSSR count). The highest BCUT2D eigenvalue weighted by molar-refractivity contribution is 5.98. The first-order valence-electron chi connectivity index (χ1n) is 13.4. The molecule has 2 aromatic heterocycles. The van der Waals surface area contributed by atoms with Crippen molar-refractivity contribution in [2.24, 2.45) is 11.3 Å². The van der Waals surface area contributed by atoms with E-state index < -0.39 is 0 Å². The Morgan fingerprint density at radius 2 is 1.97 bits per heavy atom. The molecule has 36 heavy (non-hydrogen) atoms. The summed E-state index contributed by atoms with van der Waals surface area (Å²) in [4.78, 5) is 21.6. The number of nitrogens with one attached hydrogen (secondary N) is 3. The Balaban J connectivity index is 0.886. The van der Waals surface area contributed by atoms with Crippen LogP contribution in [0.25, 0.3) is 10.9 Å². The number of anilines is 1. The fourth-order valence-electron chi connectivity index (χ4n) is 6.04. The van der Waals surface area contributed by atoms with Crippen LogP contribution in [-0.2, 0) is 6.42 Å². The molecule has 2 fully saturated rings. The number of rotatable bonds is 9. The van der Waals surface area contributed by atoms with Gasteiger partial charge < -0.3 is 20.7 Å². The standard InChI is InChI=1S/C29H35N5O2/c35-28(23-3-4-24-22(18-23)2-1-12-31-24)34-25-19-29(25)10-5-20(6-11-29)7-13-30-15-16-33-27-26-21(8-14-32-27)9-17-36-26/h1-4,8,12,14,18,20,25,30H,5-7,9-11,13,15-17,19H2,(H,32,33)(H,34,35). The molecule has 0 bridgehead atoms. The average molecular weight is 486 g/mol. The van der Waals surface area contributed by atoms with Gasteiger partial charge in [-0.25, -0.2) is 4.98 Å². The van der Waals surface area contributed by atoms with E-state index >= 15 is 0 Å². The van der Waals surface area contributed by atoms with E-state index in [-0.39, 0.29) is 5.91 Å². The van der Waals surface area contributed by atoms with E-state index in [0.717, 1.165) is 73.0 Å². The number of hydrogen-bond donors (Lipinski definition) is 3. The normalized spacial score (nSPS) is 24.3. The summed E-state index contributed by atoms with van der Waals surface area (Å²) in [6.07, 6.45) is 12.0. The quantitative estimate of drug-likeness (QED) is 0.391. The minimum absolute atomic E-state index is 0.0461. The van der Waals surface area contributed by atoms with Crippen LogP contribution in [0.1, 0.15) is 54.4 Å². The minimum atomic E-state index is 0.0461. The Morgan fingerprint density at radius 1 is 1.06 bits per heavy atom. The minimum Gasteiger partial charge on any atom is -0.489 e. The third-order valence-electron chi connectivity index (χ3n) is 8.39. The lowest BCUT2D eigenvalue weighted by molar-refractivity contribution is 0.0940. The van der Waals surface area contributed by atoms with Gasteiger partial charge in [-0.15, -0.1) is 0 Å². The number of fused-ring (bicyclic) bond motifs is 2. The zero-order valence-corrected chi connectivity index (χ0v) is 20.8. The van der Waals surface area contributed by atoms with E-state index in [1.165, 1.54) is 37.7 Å². The van der Waals surface area contributed by atoms with E-state index in [1.54, 1.807) is 6.20 Å². The first-order chi connectivity index (χ1) is 17.7. The van der Waals surface area contributed by atoms with Crippen molar-refractivity contribution in [3.63, 3.8) is 0 Å². The van der Waals surface area contributed by atoms with Gasteiger partial charge in [0, 0.05) is 54.5 Å². The molecule has 1 atom stereocenters. The number of nitrogens with zero attached hydrogens (tertiary/aromatic N) is 2. The number of carbonyl (C=O) groups excluding carboxylic acids is 1. The first-order valence-corrected chi connectivity index (χ1v) is 13.4. The number of benzene rings is 1. The molecular formula is C29H35N5O2. The number of carbonyl (C=O) groups is 1. The molecule has 7 heteroatoms. The molecule has 1 unspecified atom stereocenters. The number of amides is 1. The Morgan fingerprint density at radius 3 is 2.89 bits per heavy atom. The number of ether oxygens (including phenoxy) is 1. The molecule has 2 saturated carbocycles. The maximum absolute atomic E-state index is 12.8. The summed E-state index contributed by atoms with van der Waals surface area (Å²) in [7, 11) is 0. The topological polar surface area (TPSA) is 88.2 Å². The highest BCUT2D eigenvalue weighted by Crippen LogP contribution is 2.57. The maximum Gasteiger partial charge on any atom is 0.251 e. The van der Waals surface area contributed by atoms with Crippen LogP contribution in [0.5, 0.6) is 5.75 Å². The van der Waals surface area contributed by atoms with Gasteiger partial charge in [0.1, 0.15) is 0 Å². The van der Waals surface area contributed by atoms with E-state index in [2.05, 4.69) is 25.9 Å². The van der Waals surface area contributed by atoms with Gasteiger partial charge in [-0.2, -0.15) is 0 Å². The summed E-state index contributed by atoms with van der Waals surface area (Å²) in [6.45, 7) is 3.57. The van der Waals surface area contributed by atoms with E-state index in [9.17, 15) is 4.79 Å². The molecule has 188 valence electrons. The summed E-state index contributed by atoms with van der Waals surface area (Å²) < 4.78 is 5.70. The molecule has 3 heterocycles. The van der Waals surface area contributed by atoms with Crippen LogP contribution in [0.2, 0.25) is 0 Å². The monoisotopic (exact) mass is 485 g/mol. The van der Waals surface area contributed by atoms with Gasteiger partial charge in [0.15, 0.2) is 11.6 Å². The molecule has 0 saturated heterocycles. The predicted molar refractivity (Wildman–Crippen MR) is 141 cm³/mol. The molecule has 2 aliphatic carbocycles. The molecule has 3 aliphatic rings. The van der Waals surface area contributed by atoms with Gasteiger partial charge in [0.05, 0.1) is 12.1 Å². The SMILES string of the molecule is O=C(NC1CC12CCC(CCNCCNc1nccc3c1OCC3)CC2)c1ccc2ncccc2c1. The fraction of sp³-hybridized carbons (Fsp3) is 0.483. The Kier molecular flexibility index (Phi) is 6.48. The first kappa shape index (κ1) is 23.2. The average Bonchev–Trinajstić information content (AvgIpc) is 3.32. The van der Waals surface area contributed by atoms with Crippen molar-refractivity contribution in [3.8, 4) is 5.75 Å². The summed E-state index contributed by atoms with van der Waals surface area (Å²) >= 11 is 0. The molecule has 1 aliphatic heterocycles. The Labute approximate surface area is 212 Å². The molecule has 1 amide bonds. The lowest BCUT2D eigenvalue weighted by Crippen LogP contribution is -2.32. The highest BCUT2D eigenvalue weighted by atomic mass is 16.5. The number of pyridine rings is 2. The van der Waals surface area contributed by atoms with Crippen LogP contribution in [0.15, 0.2) is 48.8 Å². The van der Waals surface area contributed by atoms with Gasteiger partial charge in [0.2, 0.25) is 0 Å². The van der Waals surface area contributed by atoms with Crippen molar-refractivity contribution in [1.29, 1.82) is 0 Å². The van der Waals surface area contributed by atoms with Gasteiger partial charge in [-0.3, -0.25) is 9.78 Å². The molecule has 0 radical (unpaired) electrons. The highest BCUT2D eigenvalue weighted by Gasteiger charge is 2.55. The lowest BCUT2D eigenvalue weighted by Gasteiger charge is -2.29. The molecule has 1 aromatic carbocycles. The number of hydrogen-bond acceptors (Lipinski definition) is 6. The van der Waals surface area contributed by atoms with Crippen molar-refractivity contribution >= 4 is 22.6 Å². The molecule has 7 nitrogen and oxygen atoms in total. The summed E-state index contributed by atoms with van der Waals surface area (Å²) in [6, 6.07) is 12.1. The van der Waals surface area contributed by atoms with Crippen LogP contribution in [0.4, 0.5) is 5.82 Å². The van der Waals surface area contributed by atoms with E-state index in [0.29, 0.717) is 11.5 Å². The van der Waals surface area contributed by atoms with Gasteiger partial charge >= 0.3 is 0 Å². The van der Waals surface area contributed by atoms with E-state index in [1.807, 2.05) is 42.6 Å². The van der Waals surface area contributed by atoms with Crippen molar-refractivity contribution in [2.45, 2.75) is 51.0 Å². The predicted octanol–water partition coefficient (Wildman–Crippen LogP) is 4.34. The van der Waals surface area contributed by atoms with Gasteiger partial charge in [-0.05, 0) is 86.7 Å². The second-order valence-corrected chi connectivity index (χ2v) is 10.7. The van der Waals surface area contributed by atoms with Crippen molar-refractivity contribution < 1.29 is 9.53 Å². The second-order valence-electron chi connectivity index (χ2n) is 10.7. The van der Waals surface area contributed by atoms with Crippen molar-refractivity contribution in [2.75, 3.05) is 31.6 Å². The van der Waals surface area contributed by atoms with Crippen LogP contribution < -0.4 is 20.7 Å². The molecule has 1 spiro atoms. The van der Waals surface area contributed by atoms with Crippen molar-refractivity contribution in [1.82, 2.24) is 20.6 Å². The van der Waals surface area contributed by atoms with Crippen LogP contribution in [-0.4, -0.2) is 48.2 Å². The van der Waals surface area contributed by atoms with E-state index in [4.69, 9.17) is 4.74 Å². The lowest BCUT2D eigenvalue weighted by atomic mass is 9.78. The summed E-state index contributed by atoms with van der Waals surface area (Å²) in [5.41, 5.74) is 3.24. The molecular weight excluding hydrogens is 450 g/mol. The van der Waals surface area contributed by atoms with Gasteiger partial charge in [-0.1, -0.05) is 6.07 Å². The fourth-order valence-corrected chi connectivity index (χ4v) is 6.04. The smallest absolute Gasteiger partial charge is 0.251 e.